The molecule has 0 saturated carbocycles. The lowest BCUT2D eigenvalue weighted by molar-refractivity contribution is -0.127. The number of hydrogen-bond acceptors (Lipinski definition) is 2. The molecule has 0 saturated heterocycles. The van der Waals surface area contributed by atoms with Crippen LogP contribution in [-0.2, 0) is 9.53 Å². The molecule has 2 nitrogen and oxygen atoms in total. The van der Waals surface area contributed by atoms with Crippen LogP contribution in [0.15, 0.2) is 23.3 Å². The van der Waals surface area contributed by atoms with Gasteiger partial charge in [-0.3, -0.25) is 4.79 Å². The summed E-state index contributed by atoms with van der Waals surface area (Å²) in [6, 6.07) is 0. The molecule has 120 valence electrons. The van der Waals surface area contributed by atoms with Gasteiger partial charge in [0, 0.05) is 13.5 Å². The highest BCUT2D eigenvalue weighted by molar-refractivity contribution is 5.91. The SMILES string of the molecule is COCC1(C(=O)CCCCCC(C)C)C(C)=CCC=C1C. The minimum absolute atomic E-state index is 0.330. The Labute approximate surface area is 130 Å². The van der Waals surface area contributed by atoms with Crippen molar-refractivity contribution < 1.29 is 9.53 Å². The Kier molecular flexibility index (Phi) is 7.37. The number of ether oxygens (including phenoxy) is 1. The van der Waals surface area contributed by atoms with Crippen LogP contribution in [0, 0.1) is 11.3 Å². The predicted octanol–water partition coefficient (Wildman–Crippen LogP) is 5.09. The van der Waals surface area contributed by atoms with E-state index >= 15 is 0 Å². The molecule has 0 N–H and O–H groups in total. The summed E-state index contributed by atoms with van der Waals surface area (Å²) in [6.07, 6.45) is 10.6. The standard InChI is InChI=1S/C19H32O2/c1-15(2)10-7-6-8-13-18(20)19(14-21-5)16(3)11-9-12-17(19)4/h11-12,15H,6-10,13-14H2,1-5H3. The molecule has 0 bridgehead atoms. The van der Waals surface area contributed by atoms with Gasteiger partial charge in [0.05, 0.1) is 12.0 Å². The van der Waals surface area contributed by atoms with Gasteiger partial charge in [-0.05, 0) is 32.6 Å². The lowest BCUT2D eigenvalue weighted by atomic mass is 9.68. The summed E-state index contributed by atoms with van der Waals surface area (Å²) >= 11 is 0. The van der Waals surface area contributed by atoms with Gasteiger partial charge in [-0.2, -0.15) is 0 Å². The Balaban J connectivity index is 2.64. The van der Waals surface area contributed by atoms with Crippen molar-refractivity contribution in [3.63, 3.8) is 0 Å². The summed E-state index contributed by atoms with van der Waals surface area (Å²) in [5.74, 6) is 1.09. The number of ketones is 1. The molecule has 0 amide bonds. The van der Waals surface area contributed by atoms with Crippen LogP contribution in [0.1, 0.15) is 66.2 Å². The van der Waals surface area contributed by atoms with Gasteiger partial charge >= 0.3 is 0 Å². The predicted molar refractivity (Wildman–Crippen MR) is 89.4 cm³/mol. The molecule has 0 unspecified atom stereocenters. The van der Waals surface area contributed by atoms with Gasteiger partial charge in [0.25, 0.3) is 0 Å². The van der Waals surface area contributed by atoms with E-state index in [0.717, 1.165) is 36.3 Å². The number of unbranched alkanes of at least 4 members (excludes halogenated alkanes) is 2. The third kappa shape index (κ3) is 4.54. The summed E-state index contributed by atoms with van der Waals surface area (Å²) in [6.45, 7) is 9.13. The second-order valence-corrected chi connectivity index (χ2v) is 6.76. The quantitative estimate of drug-likeness (QED) is 0.437. The average Bonchev–Trinajstić information content (AvgIpc) is 2.42. The first kappa shape index (κ1) is 18.2. The Hall–Kier alpha value is -0.890. The Morgan fingerprint density at radius 2 is 1.81 bits per heavy atom. The van der Waals surface area contributed by atoms with E-state index in [4.69, 9.17) is 4.74 Å². The Morgan fingerprint density at radius 1 is 1.19 bits per heavy atom. The van der Waals surface area contributed by atoms with Crippen molar-refractivity contribution in [3.8, 4) is 0 Å². The first-order chi connectivity index (χ1) is 9.95. The molecule has 0 aromatic rings. The largest absolute Gasteiger partial charge is 0.383 e. The molecule has 0 aromatic carbocycles. The van der Waals surface area contributed by atoms with Gasteiger partial charge in [-0.1, -0.05) is 56.4 Å². The summed E-state index contributed by atoms with van der Waals surface area (Å²) in [5, 5.41) is 0. The minimum atomic E-state index is -0.495. The van der Waals surface area contributed by atoms with Gasteiger partial charge in [0.15, 0.2) is 0 Å². The molecule has 0 aliphatic heterocycles. The molecule has 1 aliphatic rings. The van der Waals surface area contributed by atoms with Crippen LogP contribution in [0.4, 0.5) is 0 Å². The van der Waals surface area contributed by atoms with Crippen molar-refractivity contribution in [2.75, 3.05) is 13.7 Å². The highest BCUT2D eigenvalue weighted by Gasteiger charge is 2.41. The maximum absolute atomic E-state index is 12.9. The number of hydrogen-bond donors (Lipinski definition) is 0. The van der Waals surface area contributed by atoms with E-state index in [1.54, 1.807) is 7.11 Å². The monoisotopic (exact) mass is 292 g/mol. The van der Waals surface area contributed by atoms with Crippen LogP contribution >= 0.6 is 0 Å². The molecule has 21 heavy (non-hydrogen) atoms. The van der Waals surface area contributed by atoms with Crippen LogP contribution in [0.3, 0.4) is 0 Å². The lowest BCUT2D eigenvalue weighted by Crippen LogP contribution is -2.39. The van der Waals surface area contributed by atoms with Gasteiger partial charge < -0.3 is 4.74 Å². The van der Waals surface area contributed by atoms with Crippen LogP contribution in [-0.4, -0.2) is 19.5 Å². The van der Waals surface area contributed by atoms with Crippen LogP contribution in [0.2, 0.25) is 0 Å². The van der Waals surface area contributed by atoms with Crippen molar-refractivity contribution >= 4 is 5.78 Å². The van der Waals surface area contributed by atoms with E-state index in [1.807, 2.05) is 0 Å². The highest BCUT2D eigenvalue weighted by atomic mass is 16.5. The maximum Gasteiger partial charge on any atom is 0.149 e. The zero-order valence-corrected chi connectivity index (χ0v) is 14.5. The maximum atomic E-state index is 12.9. The van der Waals surface area contributed by atoms with Crippen molar-refractivity contribution in [2.45, 2.75) is 66.2 Å². The summed E-state index contributed by atoms with van der Waals surface area (Å²) < 4.78 is 5.40. The molecule has 0 aromatic heterocycles. The number of Topliss-reactive ketones (excluding diaryl/α,β-unsaturated/α-hetero) is 1. The number of carbonyl (C=O) groups excluding carboxylic acids is 1. The molecule has 0 spiro atoms. The third-order valence-electron chi connectivity index (χ3n) is 4.72. The van der Waals surface area contributed by atoms with E-state index in [2.05, 4.69) is 39.8 Å². The summed E-state index contributed by atoms with van der Waals surface area (Å²) in [5.41, 5.74) is 1.83. The number of allylic oxidation sites excluding steroid dienone is 2. The molecular weight excluding hydrogens is 260 g/mol. The minimum Gasteiger partial charge on any atom is -0.383 e. The van der Waals surface area contributed by atoms with Crippen molar-refractivity contribution in [1.29, 1.82) is 0 Å². The van der Waals surface area contributed by atoms with Crippen LogP contribution in [0.25, 0.3) is 0 Å². The fraction of sp³-hybridized carbons (Fsp3) is 0.737. The molecule has 0 heterocycles. The van der Waals surface area contributed by atoms with Crippen molar-refractivity contribution in [3.05, 3.63) is 23.3 Å². The van der Waals surface area contributed by atoms with Gasteiger partial charge in [0.1, 0.15) is 5.78 Å². The van der Waals surface area contributed by atoms with Crippen molar-refractivity contribution in [1.82, 2.24) is 0 Å². The summed E-state index contributed by atoms with van der Waals surface area (Å²) in [7, 11) is 1.69. The van der Waals surface area contributed by atoms with Crippen molar-refractivity contribution in [2.24, 2.45) is 11.3 Å². The topological polar surface area (TPSA) is 26.3 Å². The fourth-order valence-electron chi connectivity index (χ4n) is 3.26. The Bertz CT molecular complexity index is 384. The van der Waals surface area contributed by atoms with E-state index < -0.39 is 5.41 Å². The van der Waals surface area contributed by atoms with Gasteiger partial charge in [0.2, 0.25) is 0 Å². The van der Waals surface area contributed by atoms with E-state index in [-0.39, 0.29) is 0 Å². The first-order valence-electron chi connectivity index (χ1n) is 8.31. The normalized spacial score (nSPS) is 17.6. The van der Waals surface area contributed by atoms with Gasteiger partial charge in [-0.25, -0.2) is 0 Å². The molecule has 0 fully saturated rings. The Morgan fingerprint density at radius 3 is 2.33 bits per heavy atom. The van der Waals surface area contributed by atoms with Crippen LogP contribution < -0.4 is 0 Å². The number of methoxy groups -OCH3 is 1. The second kappa shape index (κ2) is 8.53. The molecule has 2 heteroatoms. The number of carbonyl (C=O) groups is 1. The first-order valence-corrected chi connectivity index (χ1v) is 8.31. The lowest BCUT2D eigenvalue weighted by Gasteiger charge is -2.36. The average molecular weight is 292 g/mol. The fourth-order valence-corrected chi connectivity index (χ4v) is 3.26. The van der Waals surface area contributed by atoms with E-state index in [1.165, 1.54) is 12.8 Å². The molecule has 0 atom stereocenters. The molecular formula is C19H32O2. The highest BCUT2D eigenvalue weighted by Crippen LogP contribution is 2.41. The van der Waals surface area contributed by atoms with Crippen LogP contribution in [0.5, 0.6) is 0 Å². The second-order valence-electron chi connectivity index (χ2n) is 6.76. The van der Waals surface area contributed by atoms with E-state index in [9.17, 15) is 4.79 Å². The summed E-state index contributed by atoms with van der Waals surface area (Å²) in [4.78, 5) is 12.9. The zero-order valence-electron chi connectivity index (χ0n) is 14.5. The zero-order chi connectivity index (χ0) is 15.9. The van der Waals surface area contributed by atoms with Gasteiger partial charge in [-0.15, -0.1) is 0 Å². The smallest absolute Gasteiger partial charge is 0.149 e. The van der Waals surface area contributed by atoms with E-state index in [0.29, 0.717) is 18.8 Å². The number of rotatable bonds is 9. The molecule has 1 aliphatic carbocycles. The molecule has 1 rings (SSSR count). The third-order valence-corrected chi connectivity index (χ3v) is 4.72. The molecule has 0 radical (unpaired) electrons.